The molecule has 2 aromatic rings. The number of nitrogen functional groups attached to an aromatic ring is 1. The molecule has 0 aliphatic carbocycles. The molecule has 1 atom stereocenters. The highest BCUT2D eigenvalue weighted by Crippen LogP contribution is 2.26. The Kier molecular flexibility index (Phi) is 4.72. The quantitative estimate of drug-likeness (QED) is 0.432. The number of benzene rings is 2. The summed E-state index contributed by atoms with van der Waals surface area (Å²) in [6.07, 6.45) is 2.76. The largest absolute Gasteiger partial charge is 0.398 e. The van der Waals surface area contributed by atoms with Crippen molar-refractivity contribution < 1.29 is 4.79 Å². The van der Waals surface area contributed by atoms with Crippen molar-refractivity contribution in [1.29, 1.82) is 5.41 Å². The zero-order chi connectivity index (χ0) is 15.2. The Morgan fingerprint density at radius 2 is 2.05 bits per heavy atom. The number of para-hydroxylation sites is 1. The molecule has 0 aromatic heterocycles. The molecule has 0 aliphatic rings. The van der Waals surface area contributed by atoms with E-state index in [9.17, 15) is 4.79 Å². The van der Waals surface area contributed by atoms with E-state index in [1.165, 1.54) is 6.21 Å². The summed E-state index contributed by atoms with van der Waals surface area (Å²) in [7, 11) is 0. The van der Waals surface area contributed by atoms with Crippen LogP contribution in [0.1, 0.15) is 29.5 Å². The minimum absolute atomic E-state index is 0.265. The fourth-order valence-corrected chi connectivity index (χ4v) is 2.38. The Balaban J connectivity index is 2.21. The molecule has 0 spiro atoms. The topological polar surface area (TPSA) is 79.0 Å². The number of carbonyl (C=O) groups is 1. The molecule has 4 heteroatoms. The maximum atomic E-state index is 10.6. The second-order valence-corrected chi connectivity index (χ2v) is 5.06. The van der Waals surface area contributed by atoms with Gasteiger partial charge in [-0.15, -0.1) is 0 Å². The molecule has 2 aromatic carbocycles. The van der Waals surface area contributed by atoms with Crippen LogP contribution in [0.2, 0.25) is 0 Å². The second-order valence-electron chi connectivity index (χ2n) is 5.06. The molecule has 0 saturated heterocycles. The third-order valence-electron chi connectivity index (χ3n) is 3.59. The average molecular weight is 281 g/mol. The molecule has 0 heterocycles. The summed E-state index contributed by atoms with van der Waals surface area (Å²) >= 11 is 0. The fraction of sp³-hybridized carbons (Fsp3) is 0.176. The standard InChI is InChI=1S/C17H19N3O/c1-12(13-6-7-15(10-18)16(19)9-13)8-14-4-2-3-5-17(14)20-11-21/h2-7,9-12,18H,8,19H2,1H3,(H,20,21). The first kappa shape index (κ1) is 14.8. The molecule has 0 bridgehead atoms. The van der Waals surface area contributed by atoms with Gasteiger partial charge in [0.25, 0.3) is 0 Å². The van der Waals surface area contributed by atoms with Crippen molar-refractivity contribution in [3.05, 3.63) is 59.2 Å². The minimum atomic E-state index is 0.265. The van der Waals surface area contributed by atoms with Crippen LogP contribution in [-0.2, 0) is 11.2 Å². The summed E-state index contributed by atoms with van der Waals surface area (Å²) < 4.78 is 0. The van der Waals surface area contributed by atoms with Crippen LogP contribution in [0, 0.1) is 5.41 Å². The monoisotopic (exact) mass is 281 g/mol. The van der Waals surface area contributed by atoms with Crippen LogP contribution in [0.25, 0.3) is 0 Å². The van der Waals surface area contributed by atoms with Gasteiger partial charge in [0.1, 0.15) is 0 Å². The zero-order valence-corrected chi connectivity index (χ0v) is 12.0. The average Bonchev–Trinajstić information content (AvgIpc) is 2.49. The van der Waals surface area contributed by atoms with Crippen molar-refractivity contribution in [2.45, 2.75) is 19.3 Å². The number of rotatable bonds is 6. The maximum absolute atomic E-state index is 10.6. The number of nitrogens with two attached hydrogens (primary N) is 1. The number of hydrogen-bond donors (Lipinski definition) is 3. The summed E-state index contributed by atoms with van der Waals surface area (Å²) in [6.45, 7) is 2.12. The maximum Gasteiger partial charge on any atom is 0.211 e. The first-order valence-corrected chi connectivity index (χ1v) is 6.83. The summed E-state index contributed by atoms with van der Waals surface area (Å²) in [5, 5.41) is 10.00. The number of carbonyl (C=O) groups excluding carboxylic acids is 1. The van der Waals surface area contributed by atoms with Crippen LogP contribution >= 0.6 is 0 Å². The molecule has 1 amide bonds. The predicted molar refractivity (Wildman–Crippen MR) is 87.0 cm³/mol. The van der Waals surface area contributed by atoms with Gasteiger partial charge in [-0.2, -0.15) is 0 Å². The lowest BCUT2D eigenvalue weighted by Gasteiger charge is -2.15. The first-order valence-electron chi connectivity index (χ1n) is 6.83. The third kappa shape index (κ3) is 3.48. The Morgan fingerprint density at radius 3 is 2.71 bits per heavy atom. The van der Waals surface area contributed by atoms with Gasteiger partial charge >= 0.3 is 0 Å². The molecule has 4 nitrogen and oxygen atoms in total. The molecule has 1 unspecified atom stereocenters. The van der Waals surface area contributed by atoms with Crippen molar-refractivity contribution >= 4 is 24.0 Å². The third-order valence-corrected chi connectivity index (χ3v) is 3.59. The number of hydrogen-bond acceptors (Lipinski definition) is 3. The summed E-state index contributed by atoms with van der Waals surface area (Å²) in [4.78, 5) is 10.6. The number of anilines is 2. The fourth-order valence-electron chi connectivity index (χ4n) is 2.38. The van der Waals surface area contributed by atoms with E-state index in [0.717, 1.165) is 28.8 Å². The van der Waals surface area contributed by atoms with Gasteiger partial charge in [-0.05, 0) is 35.6 Å². The molecule has 0 saturated carbocycles. The smallest absolute Gasteiger partial charge is 0.211 e. The molecule has 0 radical (unpaired) electrons. The van der Waals surface area contributed by atoms with Crippen LogP contribution in [0.15, 0.2) is 42.5 Å². The molecular formula is C17H19N3O. The summed E-state index contributed by atoms with van der Waals surface area (Å²) in [5.74, 6) is 0.265. The van der Waals surface area contributed by atoms with Crippen molar-refractivity contribution in [3.63, 3.8) is 0 Å². The van der Waals surface area contributed by atoms with Crippen LogP contribution in [0.4, 0.5) is 11.4 Å². The van der Waals surface area contributed by atoms with Crippen LogP contribution in [-0.4, -0.2) is 12.6 Å². The van der Waals surface area contributed by atoms with Gasteiger partial charge in [0.15, 0.2) is 0 Å². The van der Waals surface area contributed by atoms with Crippen molar-refractivity contribution in [2.75, 3.05) is 11.1 Å². The lowest BCUT2D eigenvalue weighted by atomic mass is 9.92. The van der Waals surface area contributed by atoms with Crippen molar-refractivity contribution in [1.82, 2.24) is 0 Å². The highest BCUT2D eigenvalue weighted by Gasteiger charge is 2.11. The van der Waals surface area contributed by atoms with E-state index in [-0.39, 0.29) is 5.92 Å². The lowest BCUT2D eigenvalue weighted by Crippen LogP contribution is -2.04. The van der Waals surface area contributed by atoms with Crippen LogP contribution in [0.5, 0.6) is 0 Å². The molecule has 0 fully saturated rings. The van der Waals surface area contributed by atoms with E-state index in [1.54, 1.807) is 0 Å². The normalized spacial score (nSPS) is 11.7. The molecule has 108 valence electrons. The van der Waals surface area contributed by atoms with Gasteiger partial charge in [0.2, 0.25) is 6.41 Å². The van der Waals surface area contributed by atoms with Crippen molar-refractivity contribution in [3.8, 4) is 0 Å². The van der Waals surface area contributed by atoms with E-state index in [0.29, 0.717) is 12.1 Å². The highest BCUT2D eigenvalue weighted by molar-refractivity contribution is 5.85. The van der Waals surface area contributed by atoms with Crippen LogP contribution < -0.4 is 11.1 Å². The van der Waals surface area contributed by atoms with Gasteiger partial charge < -0.3 is 16.5 Å². The predicted octanol–water partition coefficient (Wildman–Crippen LogP) is 3.18. The second kappa shape index (κ2) is 6.70. The molecule has 2 rings (SSSR count). The van der Waals surface area contributed by atoms with E-state index < -0.39 is 0 Å². The molecular weight excluding hydrogens is 262 g/mol. The first-order chi connectivity index (χ1) is 10.2. The number of amides is 1. The Bertz CT molecular complexity index is 652. The van der Waals surface area contributed by atoms with Gasteiger partial charge in [0.05, 0.1) is 0 Å². The highest BCUT2D eigenvalue weighted by atomic mass is 16.1. The lowest BCUT2D eigenvalue weighted by molar-refractivity contribution is -0.105. The van der Waals surface area contributed by atoms with Gasteiger partial charge in [0, 0.05) is 23.2 Å². The van der Waals surface area contributed by atoms with E-state index in [2.05, 4.69) is 12.2 Å². The Labute approximate surface area is 124 Å². The minimum Gasteiger partial charge on any atom is -0.398 e. The molecule has 0 aliphatic heterocycles. The zero-order valence-electron chi connectivity index (χ0n) is 12.0. The summed E-state index contributed by atoms with van der Waals surface area (Å²) in [6, 6.07) is 13.5. The van der Waals surface area contributed by atoms with Gasteiger partial charge in [-0.25, -0.2) is 0 Å². The molecule has 4 N–H and O–H groups in total. The van der Waals surface area contributed by atoms with E-state index >= 15 is 0 Å². The summed E-state index contributed by atoms with van der Waals surface area (Å²) in [5.41, 5.74) is 10.3. The SMILES string of the molecule is CC(Cc1ccccc1NC=O)c1ccc(C=N)c(N)c1. The molecule has 21 heavy (non-hydrogen) atoms. The van der Waals surface area contributed by atoms with Gasteiger partial charge in [-0.3, -0.25) is 4.79 Å². The van der Waals surface area contributed by atoms with E-state index in [4.69, 9.17) is 11.1 Å². The van der Waals surface area contributed by atoms with Crippen LogP contribution in [0.3, 0.4) is 0 Å². The van der Waals surface area contributed by atoms with Gasteiger partial charge in [-0.1, -0.05) is 37.3 Å². The van der Waals surface area contributed by atoms with E-state index in [1.807, 2.05) is 42.5 Å². The van der Waals surface area contributed by atoms with Crippen molar-refractivity contribution in [2.24, 2.45) is 0 Å². The number of nitrogens with one attached hydrogen (secondary N) is 2. The Morgan fingerprint density at radius 1 is 1.29 bits per heavy atom. The Hall–Kier alpha value is -2.62.